The first kappa shape index (κ1) is 14.1. The van der Waals surface area contributed by atoms with Gasteiger partial charge in [0.05, 0.1) is 16.6 Å². The highest BCUT2D eigenvalue weighted by Gasteiger charge is 2.30. The molecule has 0 radical (unpaired) electrons. The van der Waals surface area contributed by atoms with Crippen LogP contribution in [0.15, 0.2) is 12.1 Å². The number of nitro groups is 1. The van der Waals surface area contributed by atoms with E-state index in [-0.39, 0.29) is 23.4 Å². The van der Waals surface area contributed by atoms with Crippen molar-refractivity contribution in [2.24, 2.45) is 0 Å². The zero-order chi connectivity index (χ0) is 14.8. The topological polar surface area (TPSA) is 76.9 Å². The van der Waals surface area contributed by atoms with Crippen LogP contribution in [-0.2, 0) is 0 Å². The number of rotatable bonds is 4. The predicted octanol–water partition coefficient (Wildman–Crippen LogP) is 1.68. The van der Waals surface area contributed by atoms with Gasteiger partial charge in [0.1, 0.15) is 0 Å². The molecule has 0 aromatic heterocycles. The molecule has 1 atom stereocenters. The molecule has 2 aliphatic heterocycles. The highest BCUT2D eigenvalue weighted by molar-refractivity contribution is 5.56. The number of hydrogen-bond acceptors (Lipinski definition) is 6. The van der Waals surface area contributed by atoms with Gasteiger partial charge in [-0.25, -0.2) is 0 Å². The molecule has 21 heavy (non-hydrogen) atoms. The molecule has 3 rings (SSSR count). The van der Waals surface area contributed by atoms with E-state index in [9.17, 15) is 10.1 Å². The fraction of sp³-hybridized carbons (Fsp3) is 0.571. The van der Waals surface area contributed by atoms with E-state index in [2.05, 4.69) is 17.1 Å². The zero-order valence-corrected chi connectivity index (χ0v) is 12.0. The van der Waals surface area contributed by atoms with Crippen LogP contribution in [0.2, 0.25) is 0 Å². The molecule has 1 aromatic rings. The average Bonchev–Trinajstić information content (AvgIpc) is 2.95. The Hall–Kier alpha value is -1.86. The molecule has 0 saturated carbocycles. The molecule has 1 fully saturated rings. The van der Waals surface area contributed by atoms with Crippen molar-refractivity contribution in [3.63, 3.8) is 0 Å². The molecule has 114 valence electrons. The summed E-state index contributed by atoms with van der Waals surface area (Å²) in [6.07, 6.45) is 0.820. The maximum atomic E-state index is 11.4. The van der Waals surface area contributed by atoms with Gasteiger partial charge in [-0.15, -0.1) is 0 Å². The van der Waals surface area contributed by atoms with E-state index in [4.69, 9.17) is 9.47 Å². The molecule has 7 nitrogen and oxygen atoms in total. The van der Waals surface area contributed by atoms with E-state index in [0.29, 0.717) is 17.1 Å². The lowest BCUT2D eigenvalue weighted by Crippen LogP contribution is -2.45. The molecular formula is C14H19N3O4. The minimum absolute atomic E-state index is 0.0296. The number of nitrogens with zero attached hydrogens (tertiary/aromatic N) is 2. The van der Waals surface area contributed by atoms with Gasteiger partial charge in [0, 0.05) is 32.2 Å². The molecule has 7 heteroatoms. The highest BCUT2D eigenvalue weighted by atomic mass is 16.7. The molecule has 0 aliphatic carbocycles. The van der Waals surface area contributed by atoms with Crippen LogP contribution in [-0.4, -0.2) is 42.8 Å². The van der Waals surface area contributed by atoms with E-state index < -0.39 is 0 Å². The number of nitrogens with one attached hydrogen (secondary N) is 1. The summed E-state index contributed by atoms with van der Waals surface area (Å²) < 4.78 is 10.6. The molecule has 2 heterocycles. The van der Waals surface area contributed by atoms with Gasteiger partial charge in [0.25, 0.3) is 5.69 Å². The minimum Gasteiger partial charge on any atom is -0.454 e. The zero-order valence-electron chi connectivity index (χ0n) is 12.0. The number of nitro benzene ring substituents is 1. The summed E-state index contributed by atoms with van der Waals surface area (Å²) in [5, 5.41) is 14.7. The van der Waals surface area contributed by atoms with E-state index in [0.717, 1.165) is 32.6 Å². The molecule has 1 saturated heterocycles. The van der Waals surface area contributed by atoms with Crippen molar-refractivity contribution in [2.75, 3.05) is 33.0 Å². The molecular weight excluding hydrogens is 274 g/mol. The largest absolute Gasteiger partial charge is 0.454 e. The third-order valence-electron chi connectivity index (χ3n) is 4.06. The third kappa shape index (κ3) is 2.66. The maximum Gasteiger partial charge on any atom is 0.278 e. The Morgan fingerprint density at radius 1 is 1.33 bits per heavy atom. The summed E-state index contributed by atoms with van der Waals surface area (Å²) >= 11 is 0. The van der Waals surface area contributed by atoms with Gasteiger partial charge in [0.15, 0.2) is 11.5 Å². The second-order valence-electron chi connectivity index (χ2n) is 5.23. The van der Waals surface area contributed by atoms with Gasteiger partial charge in [-0.05, 0) is 12.5 Å². The Labute approximate surface area is 123 Å². The van der Waals surface area contributed by atoms with Crippen molar-refractivity contribution in [1.82, 2.24) is 10.2 Å². The normalized spacial score (nSPS) is 19.5. The van der Waals surface area contributed by atoms with E-state index >= 15 is 0 Å². The molecule has 1 N–H and O–H groups in total. The van der Waals surface area contributed by atoms with Crippen molar-refractivity contribution < 1.29 is 14.4 Å². The lowest BCUT2D eigenvalue weighted by atomic mass is 9.99. The van der Waals surface area contributed by atoms with Crippen LogP contribution in [0, 0.1) is 10.1 Å². The lowest BCUT2D eigenvalue weighted by molar-refractivity contribution is -0.386. The van der Waals surface area contributed by atoms with Crippen LogP contribution in [0.5, 0.6) is 11.5 Å². The van der Waals surface area contributed by atoms with Crippen molar-refractivity contribution >= 4 is 5.69 Å². The molecule has 2 aliphatic rings. The number of ether oxygens (including phenoxy) is 2. The smallest absolute Gasteiger partial charge is 0.278 e. The molecule has 0 unspecified atom stereocenters. The van der Waals surface area contributed by atoms with Gasteiger partial charge in [-0.3, -0.25) is 15.0 Å². The number of piperazine rings is 1. The Morgan fingerprint density at radius 3 is 2.62 bits per heavy atom. The Balaban J connectivity index is 1.99. The van der Waals surface area contributed by atoms with E-state index in [1.54, 1.807) is 6.07 Å². The standard InChI is InChI=1S/C14H19N3O4/c1-2-11(16-5-3-15-4-6-16)10-7-13-14(21-9-20-13)8-12(10)17(18)19/h7-8,11,15H,2-6,9H2,1H3/t11-/m1/s1. The van der Waals surface area contributed by atoms with Gasteiger partial charge in [0.2, 0.25) is 6.79 Å². The van der Waals surface area contributed by atoms with Crippen LogP contribution in [0.4, 0.5) is 5.69 Å². The fourth-order valence-corrected chi connectivity index (χ4v) is 3.04. The Bertz CT molecular complexity index is 543. The molecule has 0 spiro atoms. The van der Waals surface area contributed by atoms with E-state index in [1.807, 2.05) is 0 Å². The molecule has 1 aromatic carbocycles. The monoisotopic (exact) mass is 293 g/mol. The average molecular weight is 293 g/mol. The molecule has 0 bridgehead atoms. The van der Waals surface area contributed by atoms with Crippen molar-refractivity contribution in [3.8, 4) is 11.5 Å². The first-order valence-corrected chi connectivity index (χ1v) is 7.23. The SMILES string of the molecule is CC[C@H](c1cc2c(cc1[N+](=O)[O-])OCO2)N1CCNCC1. The van der Waals surface area contributed by atoms with Crippen molar-refractivity contribution in [2.45, 2.75) is 19.4 Å². The minimum atomic E-state index is -0.331. The second-order valence-corrected chi connectivity index (χ2v) is 5.23. The van der Waals surface area contributed by atoms with Crippen molar-refractivity contribution in [1.29, 1.82) is 0 Å². The van der Waals surface area contributed by atoms with Crippen molar-refractivity contribution in [3.05, 3.63) is 27.8 Å². The maximum absolute atomic E-state index is 11.4. The molecule has 0 amide bonds. The van der Waals surface area contributed by atoms with Crippen LogP contribution in [0.1, 0.15) is 24.9 Å². The predicted molar refractivity (Wildman–Crippen MR) is 76.7 cm³/mol. The van der Waals surface area contributed by atoms with Crippen LogP contribution < -0.4 is 14.8 Å². The first-order valence-electron chi connectivity index (χ1n) is 7.23. The summed E-state index contributed by atoms with van der Waals surface area (Å²) in [6.45, 7) is 5.79. The first-order chi connectivity index (χ1) is 10.2. The third-order valence-corrected chi connectivity index (χ3v) is 4.06. The lowest BCUT2D eigenvalue weighted by Gasteiger charge is -2.34. The van der Waals surface area contributed by atoms with Gasteiger partial charge in [-0.2, -0.15) is 0 Å². The Kier molecular flexibility index (Phi) is 3.94. The van der Waals surface area contributed by atoms with Crippen LogP contribution >= 0.6 is 0 Å². The fourth-order valence-electron chi connectivity index (χ4n) is 3.04. The second kappa shape index (κ2) is 5.87. The number of benzene rings is 1. The number of fused-ring (bicyclic) bond motifs is 1. The summed E-state index contributed by atoms with van der Waals surface area (Å²) in [7, 11) is 0. The van der Waals surface area contributed by atoms with Crippen LogP contribution in [0.25, 0.3) is 0 Å². The summed E-state index contributed by atoms with van der Waals surface area (Å²) in [5.41, 5.74) is 0.832. The van der Waals surface area contributed by atoms with Gasteiger partial charge in [-0.1, -0.05) is 6.92 Å². The quantitative estimate of drug-likeness (QED) is 0.672. The number of hydrogen-bond donors (Lipinski definition) is 1. The van der Waals surface area contributed by atoms with Crippen LogP contribution in [0.3, 0.4) is 0 Å². The summed E-state index contributed by atoms with van der Waals surface area (Å²) in [5.74, 6) is 1.06. The summed E-state index contributed by atoms with van der Waals surface area (Å²) in [4.78, 5) is 13.4. The summed E-state index contributed by atoms with van der Waals surface area (Å²) in [6, 6.07) is 3.29. The van der Waals surface area contributed by atoms with E-state index in [1.165, 1.54) is 6.07 Å². The Morgan fingerprint density at radius 2 is 2.00 bits per heavy atom. The van der Waals surface area contributed by atoms with Gasteiger partial charge >= 0.3 is 0 Å². The van der Waals surface area contributed by atoms with Gasteiger partial charge < -0.3 is 14.8 Å². The highest BCUT2D eigenvalue weighted by Crippen LogP contribution is 2.42.